The highest BCUT2D eigenvalue weighted by molar-refractivity contribution is 5.66. The minimum atomic E-state index is -0.244. The molecule has 0 N–H and O–H groups in total. The van der Waals surface area contributed by atoms with Crippen LogP contribution in [-0.4, -0.2) is 11.6 Å². The molecule has 0 aromatic rings. The Morgan fingerprint density at radius 1 is 1.33 bits per heavy atom. The van der Waals surface area contributed by atoms with E-state index in [1.165, 1.54) is 6.92 Å². The Labute approximate surface area is 75.3 Å². The van der Waals surface area contributed by atoms with Gasteiger partial charge < -0.3 is 4.74 Å². The van der Waals surface area contributed by atoms with Crippen LogP contribution in [0.15, 0.2) is 0 Å². The molecule has 0 aliphatic carbocycles. The Morgan fingerprint density at radius 2 is 1.75 bits per heavy atom. The molecule has 0 atom stereocenters. The first-order chi connectivity index (χ1) is 5.48. The normalized spacial score (nSPS) is 11.8. The molecule has 2 heteroatoms. The van der Waals surface area contributed by atoms with Gasteiger partial charge in [-0.2, -0.15) is 0 Å². The fourth-order valence-electron chi connectivity index (χ4n) is 1.61. The van der Waals surface area contributed by atoms with Crippen molar-refractivity contribution in [3.8, 4) is 0 Å². The second-order valence-electron chi connectivity index (χ2n) is 3.52. The predicted octanol–water partition coefficient (Wildman–Crippen LogP) is 2.76. The summed E-state index contributed by atoms with van der Waals surface area (Å²) in [6, 6.07) is 0. The topological polar surface area (TPSA) is 26.3 Å². The lowest BCUT2D eigenvalue weighted by molar-refractivity contribution is -0.163. The fraction of sp³-hybridized carbons (Fsp3) is 0.900. The molecule has 0 spiro atoms. The molecule has 12 heavy (non-hydrogen) atoms. The molecule has 72 valence electrons. The maximum Gasteiger partial charge on any atom is 0.303 e. The van der Waals surface area contributed by atoms with Gasteiger partial charge in [-0.3, -0.25) is 4.79 Å². The quantitative estimate of drug-likeness (QED) is 0.609. The Kier molecular flexibility index (Phi) is 4.29. The third-order valence-corrected chi connectivity index (χ3v) is 2.60. The van der Waals surface area contributed by atoms with Crippen molar-refractivity contribution < 1.29 is 9.53 Å². The number of rotatable bonds is 4. The van der Waals surface area contributed by atoms with E-state index in [0.717, 1.165) is 12.8 Å². The van der Waals surface area contributed by atoms with Crippen LogP contribution in [0.4, 0.5) is 0 Å². The maximum absolute atomic E-state index is 10.9. The summed E-state index contributed by atoms with van der Waals surface area (Å²) in [4.78, 5) is 10.9. The minimum absolute atomic E-state index is 0.174. The molecule has 2 nitrogen and oxygen atoms in total. The summed E-state index contributed by atoms with van der Waals surface area (Å²) in [7, 11) is 0. The SMILES string of the molecule is CCC(CC)(OC(C)=O)C(C)C. The summed E-state index contributed by atoms with van der Waals surface area (Å²) in [6.07, 6.45) is 1.78. The second kappa shape index (κ2) is 4.48. The van der Waals surface area contributed by atoms with Gasteiger partial charge in [-0.05, 0) is 18.8 Å². The van der Waals surface area contributed by atoms with Gasteiger partial charge in [0.05, 0.1) is 0 Å². The molecule has 0 saturated heterocycles. The van der Waals surface area contributed by atoms with Gasteiger partial charge >= 0.3 is 5.97 Å². The molecule has 0 fully saturated rings. The molecule has 0 aliphatic rings. The zero-order valence-corrected chi connectivity index (χ0v) is 8.81. The number of esters is 1. The molecule has 0 radical (unpaired) electrons. The first-order valence-corrected chi connectivity index (χ1v) is 4.68. The average molecular weight is 172 g/mol. The van der Waals surface area contributed by atoms with Gasteiger partial charge in [0.1, 0.15) is 5.60 Å². The third kappa shape index (κ3) is 2.50. The van der Waals surface area contributed by atoms with Crippen LogP contribution in [-0.2, 0) is 9.53 Å². The Hall–Kier alpha value is -0.530. The standard InChI is InChI=1S/C10H20O2/c1-6-10(7-2,8(3)4)12-9(5)11/h8H,6-7H2,1-5H3. The Bertz CT molecular complexity index is 146. The van der Waals surface area contributed by atoms with Crippen LogP contribution in [0.1, 0.15) is 47.5 Å². The number of hydrogen-bond donors (Lipinski definition) is 0. The molecule has 0 rings (SSSR count). The summed E-state index contributed by atoms with van der Waals surface area (Å²) in [5, 5.41) is 0. The van der Waals surface area contributed by atoms with Gasteiger partial charge in [0.2, 0.25) is 0 Å². The minimum Gasteiger partial charge on any atom is -0.459 e. The van der Waals surface area contributed by atoms with Crippen molar-refractivity contribution in [2.24, 2.45) is 5.92 Å². The largest absolute Gasteiger partial charge is 0.459 e. The number of hydrogen-bond acceptors (Lipinski definition) is 2. The van der Waals surface area contributed by atoms with E-state index >= 15 is 0 Å². The number of carbonyl (C=O) groups is 1. The lowest BCUT2D eigenvalue weighted by Gasteiger charge is -2.35. The fourth-order valence-corrected chi connectivity index (χ4v) is 1.61. The molecule has 0 saturated carbocycles. The van der Waals surface area contributed by atoms with Crippen LogP contribution >= 0.6 is 0 Å². The molecule has 0 amide bonds. The van der Waals surface area contributed by atoms with Crippen molar-refractivity contribution in [2.75, 3.05) is 0 Å². The third-order valence-electron chi connectivity index (χ3n) is 2.60. The zero-order valence-electron chi connectivity index (χ0n) is 8.81. The van der Waals surface area contributed by atoms with E-state index in [2.05, 4.69) is 27.7 Å². The summed E-state index contributed by atoms with van der Waals surface area (Å²) >= 11 is 0. The summed E-state index contributed by atoms with van der Waals surface area (Å²) in [6.45, 7) is 9.78. The van der Waals surface area contributed by atoms with Gasteiger partial charge in [-0.15, -0.1) is 0 Å². The molecular formula is C10H20O2. The van der Waals surface area contributed by atoms with Crippen LogP contribution < -0.4 is 0 Å². The molecular weight excluding hydrogens is 152 g/mol. The first-order valence-electron chi connectivity index (χ1n) is 4.68. The first kappa shape index (κ1) is 11.5. The van der Waals surface area contributed by atoms with Gasteiger partial charge in [0.15, 0.2) is 0 Å². The lowest BCUT2D eigenvalue weighted by atomic mass is 9.85. The van der Waals surface area contributed by atoms with Crippen molar-refractivity contribution in [1.29, 1.82) is 0 Å². The highest BCUT2D eigenvalue weighted by Gasteiger charge is 2.32. The molecule has 0 aromatic carbocycles. The van der Waals surface area contributed by atoms with Crippen molar-refractivity contribution in [3.05, 3.63) is 0 Å². The van der Waals surface area contributed by atoms with E-state index in [1.54, 1.807) is 0 Å². The van der Waals surface area contributed by atoms with E-state index in [4.69, 9.17) is 4.74 Å². The Balaban J connectivity index is 4.46. The second-order valence-corrected chi connectivity index (χ2v) is 3.52. The predicted molar refractivity (Wildman–Crippen MR) is 49.9 cm³/mol. The smallest absolute Gasteiger partial charge is 0.303 e. The molecule has 0 aliphatic heterocycles. The van der Waals surface area contributed by atoms with E-state index in [0.29, 0.717) is 5.92 Å². The summed E-state index contributed by atoms with van der Waals surface area (Å²) in [5.74, 6) is 0.212. The summed E-state index contributed by atoms with van der Waals surface area (Å²) in [5.41, 5.74) is -0.244. The van der Waals surface area contributed by atoms with Crippen LogP contribution in [0.25, 0.3) is 0 Å². The molecule has 0 aromatic heterocycles. The van der Waals surface area contributed by atoms with Crippen molar-refractivity contribution in [2.45, 2.75) is 53.1 Å². The van der Waals surface area contributed by atoms with Crippen molar-refractivity contribution >= 4 is 5.97 Å². The van der Waals surface area contributed by atoms with Crippen LogP contribution in [0, 0.1) is 5.92 Å². The van der Waals surface area contributed by atoms with E-state index in [9.17, 15) is 4.79 Å². The van der Waals surface area contributed by atoms with E-state index < -0.39 is 0 Å². The van der Waals surface area contributed by atoms with Crippen LogP contribution in [0.5, 0.6) is 0 Å². The lowest BCUT2D eigenvalue weighted by Crippen LogP contribution is -2.38. The monoisotopic (exact) mass is 172 g/mol. The zero-order chi connectivity index (χ0) is 9.78. The van der Waals surface area contributed by atoms with Crippen LogP contribution in [0.3, 0.4) is 0 Å². The van der Waals surface area contributed by atoms with Gasteiger partial charge in [0, 0.05) is 6.92 Å². The summed E-state index contributed by atoms with van der Waals surface area (Å²) < 4.78 is 5.36. The average Bonchev–Trinajstić information content (AvgIpc) is 1.99. The molecule has 0 unspecified atom stereocenters. The van der Waals surface area contributed by atoms with E-state index in [-0.39, 0.29) is 11.6 Å². The molecule has 0 heterocycles. The van der Waals surface area contributed by atoms with Crippen LogP contribution in [0.2, 0.25) is 0 Å². The number of carbonyl (C=O) groups excluding carboxylic acids is 1. The van der Waals surface area contributed by atoms with Crippen molar-refractivity contribution in [3.63, 3.8) is 0 Å². The number of ether oxygens (including phenoxy) is 1. The maximum atomic E-state index is 10.9. The van der Waals surface area contributed by atoms with Gasteiger partial charge in [-0.25, -0.2) is 0 Å². The highest BCUT2D eigenvalue weighted by Crippen LogP contribution is 2.29. The van der Waals surface area contributed by atoms with Crippen molar-refractivity contribution in [1.82, 2.24) is 0 Å². The highest BCUT2D eigenvalue weighted by atomic mass is 16.6. The Morgan fingerprint density at radius 3 is 1.83 bits per heavy atom. The molecule has 0 bridgehead atoms. The van der Waals surface area contributed by atoms with Gasteiger partial charge in [-0.1, -0.05) is 27.7 Å². The van der Waals surface area contributed by atoms with E-state index in [1.807, 2.05) is 0 Å². The van der Waals surface area contributed by atoms with Gasteiger partial charge in [0.25, 0.3) is 0 Å².